The molecule has 0 saturated carbocycles. The first kappa shape index (κ1) is 38.0. The van der Waals surface area contributed by atoms with Crippen LogP contribution in [0.4, 0.5) is 22.7 Å². The van der Waals surface area contributed by atoms with Crippen LogP contribution in [-0.2, 0) is 9.47 Å². The summed E-state index contributed by atoms with van der Waals surface area (Å²) in [7, 11) is 0. The Balaban J connectivity index is 1.35. The molecule has 1 saturated heterocycles. The number of halogens is 4. The number of carboxylic acid groups (broad SMARTS) is 2. The van der Waals surface area contributed by atoms with Crippen molar-refractivity contribution in [3.05, 3.63) is 121 Å². The molecule has 14 heteroatoms. The number of carboxylic acids is 2. The van der Waals surface area contributed by atoms with Crippen molar-refractivity contribution in [1.29, 1.82) is 0 Å². The molecule has 0 spiro atoms. The van der Waals surface area contributed by atoms with Crippen molar-refractivity contribution in [1.82, 2.24) is 9.97 Å². The Labute approximate surface area is 341 Å². The maximum atomic E-state index is 13.5. The summed E-state index contributed by atoms with van der Waals surface area (Å²) in [6.07, 6.45) is 7.56. The highest BCUT2D eigenvalue weighted by molar-refractivity contribution is 6.36. The normalized spacial score (nSPS) is 14.8. The molecular weight excluding hydrogens is 798 g/mol. The molecule has 1 fully saturated rings. The Morgan fingerprint density at radius 1 is 0.714 bits per heavy atom. The van der Waals surface area contributed by atoms with Crippen LogP contribution in [-0.4, -0.2) is 58.5 Å². The van der Waals surface area contributed by atoms with Gasteiger partial charge < -0.3 is 30.3 Å². The summed E-state index contributed by atoms with van der Waals surface area (Å²) in [5, 5.41) is 30.4. The number of rotatable bonds is 9. The second-order valence-corrected chi connectivity index (χ2v) is 15.2. The third kappa shape index (κ3) is 7.36. The number of pyridine rings is 2. The van der Waals surface area contributed by atoms with Gasteiger partial charge >= 0.3 is 11.9 Å². The number of ether oxygens (including phenoxy) is 2. The average molecular weight is 831 g/mol. The maximum absolute atomic E-state index is 13.5. The minimum atomic E-state index is -1.24. The number of carbonyl (C=O) groups is 2. The van der Waals surface area contributed by atoms with Crippen molar-refractivity contribution in [2.45, 2.75) is 25.2 Å². The molecule has 4 N–H and O–H groups in total. The van der Waals surface area contributed by atoms with E-state index in [1.165, 1.54) is 6.07 Å². The highest BCUT2D eigenvalue weighted by Crippen LogP contribution is 2.46. The van der Waals surface area contributed by atoms with E-state index < -0.39 is 11.9 Å². The summed E-state index contributed by atoms with van der Waals surface area (Å²) >= 11 is 26.6. The third-order valence-corrected chi connectivity index (χ3v) is 11.1. The number of hydrogen-bond donors (Lipinski definition) is 4. The number of aromatic carboxylic acids is 2. The first-order valence-corrected chi connectivity index (χ1v) is 19.3. The van der Waals surface area contributed by atoms with Crippen molar-refractivity contribution >= 4 is 108 Å². The summed E-state index contributed by atoms with van der Waals surface area (Å²) in [5.41, 5.74) is 5.85. The number of aromatic nitrogens is 2. The van der Waals surface area contributed by atoms with Crippen LogP contribution in [0.2, 0.25) is 20.1 Å². The molecule has 56 heavy (non-hydrogen) atoms. The summed E-state index contributed by atoms with van der Waals surface area (Å²) in [5.74, 6) is -2.38. The lowest BCUT2D eigenvalue weighted by Crippen LogP contribution is -2.16. The second-order valence-electron chi connectivity index (χ2n) is 13.5. The number of fused-ring (bicyclic) bond motifs is 2. The summed E-state index contributed by atoms with van der Waals surface area (Å²) in [6, 6.07) is 16.6. The smallest absolute Gasteiger partial charge is 0.338 e. The Morgan fingerprint density at radius 2 is 1.45 bits per heavy atom. The zero-order chi connectivity index (χ0) is 39.1. The number of anilines is 4. The lowest BCUT2D eigenvalue weighted by molar-refractivity contribution is 0.0687. The SMILES string of the molecule is O=C(O)c1cc(Cl)ccc1Nc1c(C2CCOCC2)cnc2c(-c3c(Cl)ccc(Nc4c(C5=CCOCC5)cnc5ccc(Cl)cc45)c3C(=O)O)cc(Cl)cc12. The van der Waals surface area contributed by atoms with Gasteiger partial charge in [0.25, 0.3) is 0 Å². The van der Waals surface area contributed by atoms with E-state index in [-0.39, 0.29) is 43.4 Å². The molecule has 284 valence electrons. The Morgan fingerprint density at radius 3 is 2.20 bits per heavy atom. The van der Waals surface area contributed by atoms with Crippen LogP contribution in [0.3, 0.4) is 0 Å². The van der Waals surface area contributed by atoms with Crippen LogP contribution < -0.4 is 10.6 Å². The molecule has 8 rings (SSSR count). The average Bonchev–Trinajstić information content (AvgIpc) is 3.19. The maximum Gasteiger partial charge on any atom is 0.338 e. The monoisotopic (exact) mass is 828 g/mol. The van der Waals surface area contributed by atoms with Crippen LogP contribution in [0, 0.1) is 0 Å². The van der Waals surface area contributed by atoms with E-state index >= 15 is 0 Å². The van der Waals surface area contributed by atoms with Gasteiger partial charge in [-0.15, -0.1) is 0 Å². The lowest BCUT2D eigenvalue weighted by atomic mass is 9.88. The molecule has 2 aromatic heterocycles. The quantitative estimate of drug-likeness (QED) is 0.111. The summed E-state index contributed by atoms with van der Waals surface area (Å²) < 4.78 is 11.2. The Kier molecular flexibility index (Phi) is 10.8. The predicted octanol–water partition coefficient (Wildman–Crippen LogP) is 11.6. The van der Waals surface area contributed by atoms with Crippen molar-refractivity contribution in [2.75, 3.05) is 37.1 Å². The first-order valence-electron chi connectivity index (χ1n) is 17.8. The molecule has 0 atom stereocenters. The van der Waals surface area contributed by atoms with Crippen LogP contribution >= 0.6 is 46.4 Å². The van der Waals surface area contributed by atoms with E-state index in [2.05, 4.69) is 15.6 Å². The zero-order valence-corrected chi connectivity index (χ0v) is 32.5. The minimum absolute atomic E-state index is 0.0283. The molecule has 0 radical (unpaired) electrons. The fourth-order valence-corrected chi connectivity index (χ4v) is 8.31. The van der Waals surface area contributed by atoms with Crippen LogP contribution in [0.5, 0.6) is 0 Å². The zero-order valence-electron chi connectivity index (χ0n) is 29.5. The van der Waals surface area contributed by atoms with Crippen LogP contribution in [0.15, 0.2) is 79.1 Å². The first-order chi connectivity index (χ1) is 27.1. The molecule has 0 aliphatic carbocycles. The highest BCUT2D eigenvalue weighted by atomic mass is 35.5. The van der Waals surface area contributed by atoms with Gasteiger partial charge in [-0.2, -0.15) is 0 Å². The standard InChI is InChI=1S/C42H32Cl4N4O6/c43-23-1-4-33-26(15-23)39(30(19-47-33)21-7-11-55-12-8-21)50-35-6-3-32(46)36(37(35)42(53)54)28-17-25(45)18-29-38(28)48-20-31(22-9-13-56-14-10-22)40(29)49-34-5-2-24(44)16-27(34)41(51)52/h1-7,15-20,22H,8-14H2,(H,47,50)(H,48,49)(H,51,52)(H,53,54). The van der Waals surface area contributed by atoms with Gasteiger partial charge in [0.05, 0.1) is 58.1 Å². The molecule has 2 aliphatic heterocycles. The number of hydrogen-bond acceptors (Lipinski definition) is 8. The van der Waals surface area contributed by atoms with E-state index in [4.69, 9.17) is 60.9 Å². The second kappa shape index (κ2) is 15.9. The number of nitrogens with one attached hydrogen (secondary N) is 2. The molecule has 0 amide bonds. The van der Waals surface area contributed by atoms with Gasteiger partial charge in [0.1, 0.15) is 0 Å². The van der Waals surface area contributed by atoms with Gasteiger partial charge in [-0.25, -0.2) is 9.59 Å². The van der Waals surface area contributed by atoms with Crippen molar-refractivity contribution in [2.24, 2.45) is 0 Å². The molecule has 2 aliphatic rings. The van der Waals surface area contributed by atoms with Gasteiger partial charge in [0.15, 0.2) is 0 Å². The van der Waals surface area contributed by atoms with Crippen LogP contribution in [0.1, 0.15) is 57.0 Å². The molecule has 10 nitrogen and oxygen atoms in total. The van der Waals surface area contributed by atoms with Gasteiger partial charge in [-0.05, 0) is 97.0 Å². The fraction of sp³-hybridized carbons (Fsp3) is 0.190. The Bertz CT molecular complexity index is 2610. The van der Waals surface area contributed by atoms with E-state index in [9.17, 15) is 19.8 Å². The molecule has 0 bridgehead atoms. The van der Waals surface area contributed by atoms with Gasteiger partial charge in [0, 0.05) is 73.2 Å². The number of benzene rings is 4. The van der Waals surface area contributed by atoms with E-state index in [0.717, 1.165) is 16.7 Å². The van der Waals surface area contributed by atoms with Gasteiger partial charge in [-0.3, -0.25) is 9.97 Å². The van der Waals surface area contributed by atoms with Crippen LogP contribution in [0.25, 0.3) is 38.5 Å². The summed E-state index contributed by atoms with van der Waals surface area (Å²) in [6.45, 7) is 2.06. The molecule has 4 heterocycles. The van der Waals surface area contributed by atoms with E-state index in [1.54, 1.807) is 60.9 Å². The molecule has 6 aromatic rings. The van der Waals surface area contributed by atoms with Crippen molar-refractivity contribution < 1.29 is 29.3 Å². The largest absolute Gasteiger partial charge is 0.478 e. The third-order valence-electron chi connectivity index (χ3n) is 10.1. The highest BCUT2D eigenvalue weighted by Gasteiger charge is 2.28. The Hall–Kier alpha value is -4.94. The van der Waals surface area contributed by atoms with E-state index in [0.29, 0.717) is 95.1 Å². The lowest BCUT2D eigenvalue weighted by Gasteiger charge is -2.26. The fourth-order valence-electron chi connectivity index (χ4n) is 7.48. The topological polar surface area (TPSA) is 143 Å². The van der Waals surface area contributed by atoms with Gasteiger partial charge in [0.2, 0.25) is 0 Å². The molecular formula is C42H32Cl4N4O6. The van der Waals surface area contributed by atoms with E-state index in [1.807, 2.05) is 12.1 Å². The minimum Gasteiger partial charge on any atom is -0.478 e. The number of nitrogens with zero attached hydrogens (tertiary/aromatic N) is 2. The molecule has 0 unspecified atom stereocenters. The molecule has 4 aromatic carbocycles. The van der Waals surface area contributed by atoms with Crippen molar-refractivity contribution in [3.8, 4) is 11.1 Å². The van der Waals surface area contributed by atoms with Gasteiger partial charge in [-0.1, -0.05) is 52.5 Å². The summed E-state index contributed by atoms with van der Waals surface area (Å²) in [4.78, 5) is 35.5. The predicted molar refractivity (Wildman–Crippen MR) is 222 cm³/mol. The van der Waals surface area contributed by atoms with Crippen molar-refractivity contribution in [3.63, 3.8) is 0 Å².